The fourth-order valence-electron chi connectivity index (χ4n) is 2.21. The molecule has 122 valence electrons. The Kier molecular flexibility index (Phi) is 6.63. The van der Waals surface area contributed by atoms with Gasteiger partial charge in [-0.2, -0.15) is 0 Å². The van der Waals surface area contributed by atoms with E-state index < -0.39 is 0 Å². The van der Waals surface area contributed by atoms with Gasteiger partial charge in [0.2, 0.25) is 5.91 Å². The number of rotatable bonds is 8. The Morgan fingerprint density at radius 3 is 2.57 bits per heavy atom. The highest BCUT2D eigenvalue weighted by Crippen LogP contribution is 2.12. The first-order valence-corrected chi connectivity index (χ1v) is 7.82. The minimum absolute atomic E-state index is 0.00960. The molecule has 2 aromatic carbocycles. The van der Waals surface area contributed by atoms with Crippen molar-refractivity contribution in [3.8, 4) is 5.75 Å². The lowest BCUT2D eigenvalue weighted by Crippen LogP contribution is -2.27. The van der Waals surface area contributed by atoms with Crippen LogP contribution < -0.4 is 10.1 Å². The molecule has 0 aliphatic rings. The van der Waals surface area contributed by atoms with Crippen LogP contribution in [-0.2, 0) is 17.8 Å². The molecule has 0 heterocycles. The van der Waals surface area contributed by atoms with Crippen molar-refractivity contribution >= 4 is 5.91 Å². The SMILES string of the molecule is Cc1cccc(OCCC(=O)NCCc2ccc(CO)cc2)c1. The number of carbonyl (C=O) groups excluding carboxylic acids is 1. The van der Waals surface area contributed by atoms with E-state index in [0.29, 0.717) is 19.6 Å². The summed E-state index contributed by atoms with van der Waals surface area (Å²) in [7, 11) is 0. The van der Waals surface area contributed by atoms with Crippen LogP contribution in [0.1, 0.15) is 23.1 Å². The number of ether oxygens (including phenoxy) is 1. The number of hydrogen-bond acceptors (Lipinski definition) is 3. The molecule has 0 bridgehead atoms. The average molecular weight is 313 g/mol. The van der Waals surface area contributed by atoms with Crippen LogP contribution in [0.5, 0.6) is 5.75 Å². The van der Waals surface area contributed by atoms with Crippen LogP contribution in [-0.4, -0.2) is 24.2 Å². The summed E-state index contributed by atoms with van der Waals surface area (Å²) in [5.74, 6) is 0.784. The number of carbonyl (C=O) groups is 1. The maximum absolute atomic E-state index is 11.8. The van der Waals surface area contributed by atoms with E-state index in [9.17, 15) is 4.79 Å². The van der Waals surface area contributed by atoms with Crippen molar-refractivity contribution in [3.63, 3.8) is 0 Å². The van der Waals surface area contributed by atoms with Gasteiger partial charge >= 0.3 is 0 Å². The van der Waals surface area contributed by atoms with Gasteiger partial charge in [-0.25, -0.2) is 0 Å². The number of aliphatic hydroxyl groups excluding tert-OH is 1. The van der Waals surface area contributed by atoms with Gasteiger partial charge in [-0.1, -0.05) is 36.4 Å². The summed E-state index contributed by atoms with van der Waals surface area (Å²) in [6, 6.07) is 15.5. The Bertz CT molecular complexity index is 623. The minimum Gasteiger partial charge on any atom is -0.493 e. The van der Waals surface area contributed by atoms with E-state index in [1.54, 1.807) is 0 Å². The highest BCUT2D eigenvalue weighted by molar-refractivity contribution is 5.75. The van der Waals surface area contributed by atoms with Crippen molar-refractivity contribution in [1.82, 2.24) is 5.32 Å². The third kappa shape index (κ3) is 6.12. The predicted molar refractivity (Wildman–Crippen MR) is 90.4 cm³/mol. The van der Waals surface area contributed by atoms with Gasteiger partial charge in [0.25, 0.3) is 0 Å². The van der Waals surface area contributed by atoms with E-state index in [0.717, 1.165) is 28.9 Å². The molecule has 2 N–H and O–H groups in total. The van der Waals surface area contributed by atoms with Crippen molar-refractivity contribution in [2.75, 3.05) is 13.2 Å². The number of hydrogen-bond donors (Lipinski definition) is 2. The summed E-state index contributed by atoms with van der Waals surface area (Å²) in [4.78, 5) is 11.8. The van der Waals surface area contributed by atoms with Gasteiger partial charge in [-0.05, 0) is 42.2 Å². The molecule has 0 aliphatic carbocycles. The Balaban J connectivity index is 1.63. The van der Waals surface area contributed by atoms with E-state index >= 15 is 0 Å². The Morgan fingerprint density at radius 2 is 1.87 bits per heavy atom. The van der Waals surface area contributed by atoms with Gasteiger partial charge in [0.05, 0.1) is 19.6 Å². The zero-order chi connectivity index (χ0) is 16.5. The van der Waals surface area contributed by atoms with Gasteiger partial charge in [0, 0.05) is 6.54 Å². The molecule has 23 heavy (non-hydrogen) atoms. The van der Waals surface area contributed by atoms with Gasteiger partial charge in [-0.15, -0.1) is 0 Å². The second-order valence-corrected chi connectivity index (χ2v) is 5.49. The molecule has 0 saturated heterocycles. The van der Waals surface area contributed by atoms with Gasteiger partial charge in [0.1, 0.15) is 5.75 Å². The van der Waals surface area contributed by atoms with Gasteiger partial charge in [-0.3, -0.25) is 4.79 Å². The smallest absolute Gasteiger partial charge is 0.223 e. The maximum Gasteiger partial charge on any atom is 0.223 e. The third-order valence-electron chi connectivity index (χ3n) is 3.53. The molecule has 0 saturated carbocycles. The molecule has 0 radical (unpaired) electrons. The van der Waals surface area contributed by atoms with Crippen LogP contribution in [0.2, 0.25) is 0 Å². The zero-order valence-corrected chi connectivity index (χ0v) is 13.4. The van der Waals surface area contributed by atoms with Crippen LogP contribution in [0.4, 0.5) is 0 Å². The molecular weight excluding hydrogens is 290 g/mol. The number of amides is 1. The lowest BCUT2D eigenvalue weighted by Gasteiger charge is -2.08. The highest BCUT2D eigenvalue weighted by Gasteiger charge is 2.02. The van der Waals surface area contributed by atoms with E-state index in [-0.39, 0.29) is 12.5 Å². The van der Waals surface area contributed by atoms with E-state index in [1.807, 2.05) is 55.5 Å². The number of aliphatic hydroxyl groups is 1. The lowest BCUT2D eigenvalue weighted by molar-refractivity contribution is -0.121. The van der Waals surface area contributed by atoms with Crippen molar-refractivity contribution in [2.24, 2.45) is 0 Å². The van der Waals surface area contributed by atoms with Crippen molar-refractivity contribution in [2.45, 2.75) is 26.4 Å². The maximum atomic E-state index is 11.8. The van der Waals surface area contributed by atoms with E-state index in [4.69, 9.17) is 9.84 Å². The molecular formula is C19H23NO3. The van der Waals surface area contributed by atoms with Crippen LogP contribution in [0.3, 0.4) is 0 Å². The first-order chi connectivity index (χ1) is 11.2. The number of benzene rings is 2. The van der Waals surface area contributed by atoms with Crippen LogP contribution >= 0.6 is 0 Å². The fourth-order valence-corrected chi connectivity index (χ4v) is 2.21. The Labute approximate surface area is 137 Å². The molecule has 4 heteroatoms. The normalized spacial score (nSPS) is 10.3. The molecule has 2 rings (SSSR count). The first-order valence-electron chi connectivity index (χ1n) is 7.82. The minimum atomic E-state index is -0.00960. The quantitative estimate of drug-likeness (QED) is 0.787. The third-order valence-corrected chi connectivity index (χ3v) is 3.53. The molecule has 0 atom stereocenters. The van der Waals surface area contributed by atoms with Crippen molar-refractivity contribution in [1.29, 1.82) is 0 Å². The number of aryl methyl sites for hydroxylation is 1. The molecule has 4 nitrogen and oxygen atoms in total. The van der Waals surface area contributed by atoms with Crippen LogP contribution in [0.15, 0.2) is 48.5 Å². The summed E-state index contributed by atoms with van der Waals surface area (Å²) >= 11 is 0. The molecule has 0 fully saturated rings. The topological polar surface area (TPSA) is 58.6 Å². The van der Waals surface area contributed by atoms with Crippen molar-refractivity contribution < 1.29 is 14.6 Å². The fraction of sp³-hybridized carbons (Fsp3) is 0.316. The lowest BCUT2D eigenvalue weighted by atomic mass is 10.1. The van der Waals surface area contributed by atoms with E-state index in [1.165, 1.54) is 0 Å². The standard InChI is InChI=1S/C19H23NO3/c1-15-3-2-4-18(13-15)23-12-10-19(22)20-11-9-16-5-7-17(14-21)8-6-16/h2-8,13,21H,9-12,14H2,1H3,(H,20,22). The molecule has 0 aromatic heterocycles. The summed E-state index contributed by atoms with van der Waals surface area (Å²) in [5, 5.41) is 11.9. The van der Waals surface area contributed by atoms with Crippen LogP contribution in [0, 0.1) is 6.92 Å². The molecule has 0 unspecified atom stereocenters. The van der Waals surface area contributed by atoms with E-state index in [2.05, 4.69) is 5.32 Å². The molecule has 2 aromatic rings. The Hall–Kier alpha value is -2.33. The highest BCUT2D eigenvalue weighted by atomic mass is 16.5. The molecule has 1 amide bonds. The number of nitrogens with one attached hydrogen (secondary N) is 1. The predicted octanol–water partition coefficient (Wildman–Crippen LogP) is 2.62. The van der Waals surface area contributed by atoms with Crippen LogP contribution in [0.25, 0.3) is 0 Å². The first kappa shape index (κ1) is 17.0. The second-order valence-electron chi connectivity index (χ2n) is 5.49. The van der Waals surface area contributed by atoms with Gasteiger partial charge < -0.3 is 15.2 Å². The average Bonchev–Trinajstić information content (AvgIpc) is 2.55. The Morgan fingerprint density at radius 1 is 1.13 bits per heavy atom. The molecule has 0 spiro atoms. The summed E-state index contributed by atoms with van der Waals surface area (Å²) in [5.41, 5.74) is 3.17. The zero-order valence-electron chi connectivity index (χ0n) is 13.4. The summed E-state index contributed by atoms with van der Waals surface area (Å²) in [6.45, 7) is 3.03. The largest absolute Gasteiger partial charge is 0.493 e. The van der Waals surface area contributed by atoms with Gasteiger partial charge in [0.15, 0.2) is 0 Å². The second kappa shape index (κ2) is 8.96. The summed E-state index contributed by atoms with van der Waals surface area (Å²) < 4.78 is 5.56. The monoisotopic (exact) mass is 313 g/mol. The summed E-state index contributed by atoms with van der Waals surface area (Å²) in [6.07, 6.45) is 1.12. The molecule has 0 aliphatic heterocycles. The van der Waals surface area contributed by atoms with Crippen molar-refractivity contribution in [3.05, 3.63) is 65.2 Å².